The fourth-order valence-corrected chi connectivity index (χ4v) is 4.58. The normalized spacial score (nSPS) is 17.4. The number of hydrogen-bond donors (Lipinski definition) is 2. The zero-order valence-electron chi connectivity index (χ0n) is 24.7. The number of amides is 3. The van der Waals surface area contributed by atoms with Crippen molar-refractivity contribution in [3.8, 4) is 0 Å². The van der Waals surface area contributed by atoms with E-state index in [-0.39, 0.29) is 35.5 Å². The zero-order chi connectivity index (χ0) is 28.8. The van der Waals surface area contributed by atoms with Crippen molar-refractivity contribution >= 4 is 23.8 Å². The summed E-state index contributed by atoms with van der Waals surface area (Å²) < 4.78 is 5.59. The number of allylic oxidation sites excluding steroid dienone is 1. The number of hydrazine groups is 1. The first kappa shape index (κ1) is 32.5. The average molecular weight is 544 g/mol. The number of hydrogen-bond acceptors (Lipinski definition) is 5. The minimum atomic E-state index is -0.697. The van der Waals surface area contributed by atoms with Crippen LogP contribution in [0.3, 0.4) is 0 Å². The van der Waals surface area contributed by atoms with E-state index in [0.717, 1.165) is 18.4 Å². The number of benzene rings is 1. The molecule has 1 aliphatic rings. The molecule has 2 rings (SSSR count). The molecule has 0 saturated carbocycles. The molecule has 1 fully saturated rings. The summed E-state index contributed by atoms with van der Waals surface area (Å²) in [6, 6.07) is 9.82. The number of rotatable bonds is 14. The van der Waals surface area contributed by atoms with Gasteiger partial charge in [0.25, 0.3) is 0 Å². The second-order valence-electron chi connectivity index (χ2n) is 11.7. The van der Waals surface area contributed by atoms with E-state index in [0.29, 0.717) is 38.8 Å². The molecule has 1 aromatic rings. The van der Waals surface area contributed by atoms with Gasteiger partial charge in [-0.05, 0) is 49.0 Å². The van der Waals surface area contributed by atoms with Crippen molar-refractivity contribution in [2.24, 2.45) is 29.6 Å². The lowest BCUT2D eigenvalue weighted by molar-refractivity contribution is -0.203. The Morgan fingerprint density at radius 2 is 1.69 bits per heavy atom. The van der Waals surface area contributed by atoms with Gasteiger partial charge in [0.2, 0.25) is 17.7 Å². The van der Waals surface area contributed by atoms with Crippen molar-refractivity contribution in [2.45, 2.75) is 86.4 Å². The third-order valence-corrected chi connectivity index (χ3v) is 6.49. The van der Waals surface area contributed by atoms with E-state index in [1.807, 2.05) is 84.0 Å². The average Bonchev–Trinajstić information content (AvgIpc) is 2.88. The number of hydroxylamine groups is 1. The van der Waals surface area contributed by atoms with Gasteiger partial charge in [0.1, 0.15) is 0 Å². The van der Waals surface area contributed by atoms with Gasteiger partial charge in [-0.15, -0.1) is 0 Å². The predicted octanol–water partition coefficient (Wildman–Crippen LogP) is 5.50. The predicted molar refractivity (Wildman–Crippen MR) is 153 cm³/mol. The zero-order valence-corrected chi connectivity index (χ0v) is 24.7. The number of ether oxygens (including phenoxy) is 1. The first-order valence-corrected chi connectivity index (χ1v) is 14.5. The summed E-state index contributed by atoms with van der Waals surface area (Å²) in [6.07, 6.45) is 7.19. The van der Waals surface area contributed by atoms with E-state index in [9.17, 15) is 14.4 Å². The number of nitrogens with zero attached hydrogens (tertiary/aromatic N) is 1. The van der Waals surface area contributed by atoms with Crippen LogP contribution in [0.15, 0.2) is 36.4 Å². The summed E-state index contributed by atoms with van der Waals surface area (Å²) in [4.78, 5) is 45.8. The van der Waals surface area contributed by atoms with Crippen molar-refractivity contribution in [2.75, 3.05) is 13.2 Å². The molecule has 1 aliphatic heterocycles. The van der Waals surface area contributed by atoms with Gasteiger partial charge in [-0.2, -0.15) is 0 Å². The molecule has 2 N–H and O–H groups in total. The van der Waals surface area contributed by atoms with Gasteiger partial charge in [-0.25, -0.2) is 10.3 Å². The molecule has 0 aliphatic carbocycles. The second-order valence-corrected chi connectivity index (χ2v) is 11.7. The van der Waals surface area contributed by atoms with Crippen molar-refractivity contribution in [1.29, 1.82) is 0 Å². The Labute approximate surface area is 234 Å². The molecular weight excluding hydrogens is 494 g/mol. The standard InChI is InChI=1S/C31H49N3O5/c1-22(2)19-27(30(36)32-34(21-24(5)6)28(35)20-23(3)4)26(16-12-15-25-13-8-7-9-14-25)31(37)33-39-29-17-10-11-18-38-29/h7-9,12-15,22-24,26-27,29H,10-11,16-21H2,1-6H3,(H,32,36)(H,33,37)/t26-,27+,29?/m0/s1. The van der Waals surface area contributed by atoms with Gasteiger partial charge in [-0.1, -0.05) is 84.0 Å². The van der Waals surface area contributed by atoms with Crippen LogP contribution in [0.2, 0.25) is 0 Å². The summed E-state index contributed by atoms with van der Waals surface area (Å²) in [6.45, 7) is 13.0. The summed E-state index contributed by atoms with van der Waals surface area (Å²) in [5.41, 5.74) is 6.48. The van der Waals surface area contributed by atoms with Gasteiger partial charge in [-0.3, -0.25) is 24.8 Å². The third-order valence-electron chi connectivity index (χ3n) is 6.49. The molecule has 8 heteroatoms. The third kappa shape index (κ3) is 12.3. The molecule has 0 radical (unpaired) electrons. The van der Waals surface area contributed by atoms with Gasteiger partial charge in [0, 0.05) is 26.0 Å². The van der Waals surface area contributed by atoms with Gasteiger partial charge in [0.05, 0.1) is 11.8 Å². The van der Waals surface area contributed by atoms with E-state index in [4.69, 9.17) is 9.57 Å². The van der Waals surface area contributed by atoms with Crippen molar-refractivity contribution in [3.63, 3.8) is 0 Å². The van der Waals surface area contributed by atoms with Crippen LogP contribution in [0.4, 0.5) is 0 Å². The Bertz CT molecular complexity index is 910. The Morgan fingerprint density at radius 3 is 2.28 bits per heavy atom. The molecule has 8 nitrogen and oxygen atoms in total. The Hall–Kier alpha value is -2.71. The van der Waals surface area contributed by atoms with Crippen molar-refractivity contribution < 1.29 is 24.0 Å². The topological polar surface area (TPSA) is 97.0 Å². The summed E-state index contributed by atoms with van der Waals surface area (Å²) >= 11 is 0. The Kier molecular flexibility index (Phi) is 14.2. The van der Waals surface area contributed by atoms with Crippen molar-refractivity contribution in [1.82, 2.24) is 15.9 Å². The molecule has 1 heterocycles. The van der Waals surface area contributed by atoms with E-state index in [1.54, 1.807) is 0 Å². The lowest BCUT2D eigenvalue weighted by atomic mass is 9.82. The van der Waals surface area contributed by atoms with Crippen LogP contribution >= 0.6 is 0 Å². The second kappa shape index (κ2) is 17.1. The number of nitrogens with one attached hydrogen (secondary N) is 2. The highest BCUT2D eigenvalue weighted by molar-refractivity contribution is 5.89. The number of carbonyl (C=O) groups excluding carboxylic acids is 3. The van der Waals surface area contributed by atoms with E-state index in [2.05, 4.69) is 10.9 Å². The van der Waals surface area contributed by atoms with Gasteiger partial charge < -0.3 is 4.74 Å². The molecule has 1 unspecified atom stereocenters. The summed E-state index contributed by atoms with van der Waals surface area (Å²) in [5, 5.41) is 1.43. The van der Waals surface area contributed by atoms with E-state index in [1.165, 1.54) is 5.01 Å². The molecule has 0 aromatic heterocycles. The summed E-state index contributed by atoms with van der Waals surface area (Å²) in [7, 11) is 0. The monoisotopic (exact) mass is 543 g/mol. The quantitative estimate of drug-likeness (QED) is 0.302. The Morgan fingerprint density at radius 1 is 0.974 bits per heavy atom. The highest BCUT2D eigenvalue weighted by Gasteiger charge is 2.35. The summed E-state index contributed by atoms with van der Waals surface area (Å²) in [5.74, 6) is -1.70. The van der Waals surface area contributed by atoms with Gasteiger partial charge >= 0.3 is 0 Å². The maximum atomic E-state index is 13.8. The van der Waals surface area contributed by atoms with Crippen LogP contribution in [-0.4, -0.2) is 42.2 Å². The molecule has 0 spiro atoms. The van der Waals surface area contributed by atoms with E-state index >= 15 is 0 Å². The molecule has 3 amide bonds. The largest absolute Gasteiger partial charge is 0.350 e. The van der Waals surface area contributed by atoms with E-state index < -0.39 is 18.1 Å². The van der Waals surface area contributed by atoms with Crippen LogP contribution in [0.5, 0.6) is 0 Å². The van der Waals surface area contributed by atoms with Gasteiger partial charge in [0.15, 0.2) is 6.29 Å². The molecule has 0 bridgehead atoms. The highest BCUT2D eigenvalue weighted by Crippen LogP contribution is 2.26. The first-order chi connectivity index (χ1) is 18.6. The highest BCUT2D eigenvalue weighted by atomic mass is 16.8. The molecule has 1 saturated heterocycles. The fourth-order valence-electron chi connectivity index (χ4n) is 4.58. The van der Waals surface area contributed by atoms with Crippen LogP contribution in [0, 0.1) is 29.6 Å². The van der Waals surface area contributed by atoms with Crippen LogP contribution in [-0.2, 0) is 24.0 Å². The maximum absolute atomic E-state index is 13.8. The fraction of sp³-hybridized carbons (Fsp3) is 0.645. The SMILES string of the molecule is CC(C)CC(=O)N(CC(C)C)NC(=O)[C@H](CC(C)C)[C@H](CC=Cc1ccccc1)C(=O)NOC1CCCCO1. The molecular formula is C31H49N3O5. The minimum Gasteiger partial charge on any atom is -0.350 e. The maximum Gasteiger partial charge on any atom is 0.247 e. The molecule has 3 atom stereocenters. The molecule has 39 heavy (non-hydrogen) atoms. The van der Waals surface area contributed by atoms with Crippen molar-refractivity contribution in [3.05, 3.63) is 42.0 Å². The molecule has 1 aromatic carbocycles. The first-order valence-electron chi connectivity index (χ1n) is 14.5. The van der Waals surface area contributed by atoms with Crippen LogP contribution < -0.4 is 10.9 Å². The smallest absolute Gasteiger partial charge is 0.247 e. The lowest BCUT2D eigenvalue weighted by Gasteiger charge is -2.31. The van der Waals surface area contributed by atoms with Crippen LogP contribution in [0.25, 0.3) is 6.08 Å². The van der Waals surface area contributed by atoms with Crippen LogP contribution in [0.1, 0.15) is 85.6 Å². The number of carbonyl (C=O) groups is 3. The lowest BCUT2D eigenvalue weighted by Crippen LogP contribution is -2.52. The molecule has 218 valence electrons. The Balaban J connectivity index is 2.27. The minimum absolute atomic E-state index is 0.127.